The maximum absolute atomic E-state index is 13.5. The summed E-state index contributed by atoms with van der Waals surface area (Å²) < 4.78 is 18.6. The number of benzene rings is 2. The Balaban J connectivity index is 1.63. The van der Waals surface area contributed by atoms with Gasteiger partial charge in [-0.2, -0.15) is 0 Å². The standard InChI is InChI=1S/C21H24ClFN2O3/c1-27-14-19(26)12-25(11-15-3-2-4-18(23)9-15)13-20-10-21(24-28-20)16-5-7-17(22)8-6-16/h2-9,19-20,26H,10-14H2,1H3. The van der Waals surface area contributed by atoms with Crippen LogP contribution in [0.15, 0.2) is 53.7 Å². The Morgan fingerprint density at radius 2 is 2.11 bits per heavy atom. The molecule has 2 unspecified atom stereocenters. The van der Waals surface area contributed by atoms with Crippen molar-refractivity contribution in [1.82, 2.24) is 4.90 Å². The van der Waals surface area contributed by atoms with Crippen molar-refractivity contribution in [3.05, 3.63) is 70.5 Å². The number of rotatable bonds is 9. The van der Waals surface area contributed by atoms with Gasteiger partial charge in [0.05, 0.1) is 18.4 Å². The van der Waals surface area contributed by atoms with E-state index in [-0.39, 0.29) is 18.5 Å². The zero-order chi connectivity index (χ0) is 19.9. The van der Waals surface area contributed by atoms with E-state index in [1.54, 1.807) is 13.2 Å². The molecule has 1 aliphatic rings. The fraction of sp³-hybridized carbons (Fsp3) is 0.381. The van der Waals surface area contributed by atoms with Gasteiger partial charge in [-0.05, 0) is 35.4 Å². The van der Waals surface area contributed by atoms with E-state index in [4.69, 9.17) is 21.2 Å². The van der Waals surface area contributed by atoms with Crippen molar-refractivity contribution in [1.29, 1.82) is 0 Å². The molecule has 0 saturated carbocycles. The van der Waals surface area contributed by atoms with Crippen LogP contribution < -0.4 is 0 Å². The van der Waals surface area contributed by atoms with E-state index < -0.39 is 6.10 Å². The van der Waals surface area contributed by atoms with Crippen molar-refractivity contribution >= 4 is 17.3 Å². The van der Waals surface area contributed by atoms with Crippen LogP contribution in [0.5, 0.6) is 0 Å². The second-order valence-corrected chi connectivity index (χ2v) is 7.35. The van der Waals surface area contributed by atoms with E-state index in [1.165, 1.54) is 12.1 Å². The molecule has 0 radical (unpaired) electrons. The molecule has 0 aromatic heterocycles. The maximum atomic E-state index is 13.5. The van der Waals surface area contributed by atoms with Gasteiger partial charge in [0.2, 0.25) is 0 Å². The topological polar surface area (TPSA) is 54.3 Å². The van der Waals surface area contributed by atoms with Crippen LogP contribution in [0.3, 0.4) is 0 Å². The minimum Gasteiger partial charge on any atom is -0.390 e. The Hall–Kier alpha value is -1.99. The number of methoxy groups -OCH3 is 1. The SMILES string of the molecule is COCC(O)CN(Cc1cccc(F)c1)CC1CC(c2ccc(Cl)cc2)=NO1. The van der Waals surface area contributed by atoms with Gasteiger partial charge in [0, 0.05) is 38.2 Å². The molecule has 150 valence electrons. The summed E-state index contributed by atoms with van der Waals surface area (Å²) in [4.78, 5) is 7.64. The van der Waals surface area contributed by atoms with Crippen LogP contribution in [-0.2, 0) is 16.1 Å². The molecule has 0 fully saturated rings. The molecule has 0 amide bonds. The zero-order valence-electron chi connectivity index (χ0n) is 15.7. The molecule has 28 heavy (non-hydrogen) atoms. The molecule has 0 aliphatic carbocycles. The van der Waals surface area contributed by atoms with E-state index >= 15 is 0 Å². The van der Waals surface area contributed by atoms with E-state index in [0.717, 1.165) is 16.8 Å². The fourth-order valence-corrected chi connectivity index (χ4v) is 3.39. The number of halogens is 2. The summed E-state index contributed by atoms with van der Waals surface area (Å²) in [7, 11) is 1.55. The molecular weight excluding hydrogens is 383 g/mol. The second-order valence-electron chi connectivity index (χ2n) is 6.91. The monoisotopic (exact) mass is 406 g/mol. The Labute approximate surface area is 169 Å². The number of aliphatic hydroxyl groups is 1. The quantitative estimate of drug-likeness (QED) is 0.692. The highest BCUT2D eigenvalue weighted by Gasteiger charge is 2.25. The third-order valence-electron chi connectivity index (χ3n) is 4.50. The molecule has 2 aromatic carbocycles. The van der Waals surface area contributed by atoms with Gasteiger partial charge in [-0.15, -0.1) is 0 Å². The number of nitrogens with zero attached hydrogens (tertiary/aromatic N) is 2. The summed E-state index contributed by atoms with van der Waals surface area (Å²) >= 11 is 5.94. The predicted octanol–water partition coefficient (Wildman–Crippen LogP) is 3.48. The largest absolute Gasteiger partial charge is 0.390 e. The van der Waals surface area contributed by atoms with Crippen LogP contribution in [0.4, 0.5) is 4.39 Å². The average Bonchev–Trinajstić information content (AvgIpc) is 3.11. The van der Waals surface area contributed by atoms with Crippen molar-refractivity contribution in [2.75, 3.05) is 26.8 Å². The summed E-state index contributed by atoms with van der Waals surface area (Å²) in [6.07, 6.45) is -0.132. The summed E-state index contributed by atoms with van der Waals surface area (Å²) in [6.45, 7) is 1.67. The van der Waals surface area contributed by atoms with E-state index in [1.807, 2.05) is 35.2 Å². The second kappa shape index (κ2) is 9.98. The predicted molar refractivity (Wildman–Crippen MR) is 107 cm³/mol. The van der Waals surface area contributed by atoms with Crippen LogP contribution in [-0.4, -0.2) is 54.7 Å². The summed E-state index contributed by atoms with van der Waals surface area (Å²) in [5, 5.41) is 15.0. The van der Waals surface area contributed by atoms with Crippen LogP contribution >= 0.6 is 11.6 Å². The smallest absolute Gasteiger partial charge is 0.145 e. The van der Waals surface area contributed by atoms with Crippen molar-refractivity contribution in [3.8, 4) is 0 Å². The van der Waals surface area contributed by atoms with Crippen molar-refractivity contribution in [3.63, 3.8) is 0 Å². The number of hydrogen-bond donors (Lipinski definition) is 1. The van der Waals surface area contributed by atoms with Crippen molar-refractivity contribution < 1.29 is 19.1 Å². The lowest BCUT2D eigenvalue weighted by atomic mass is 10.0. The highest BCUT2D eigenvalue weighted by atomic mass is 35.5. The average molecular weight is 407 g/mol. The van der Waals surface area contributed by atoms with Crippen LogP contribution in [0, 0.1) is 5.82 Å². The molecule has 2 aromatic rings. The first-order valence-electron chi connectivity index (χ1n) is 9.16. The number of oxime groups is 1. The van der Waals surface area contributed by atoms with E-state index in [2.05, 4.69) is 5.16 Å². The molecule has 1 N–H and O–H groups in total. The van der Waals surface area contributed by atoms with Gasteiger partial charge in [0.1, 0.15) is 11.9 Å². The third-order valence-corrected chi connectivity index (χ3v) is 4.75. The lowest BCUT2D eigenvalue weighted by molar-refractivity contribution is 0.00920. The first kappa shape index (κ1) is 20.7. The molecule has 0 bridgehead atoms. The number of hydrogen-bond acceptors (Lipinski definition) is 5. The van der Waals surface area contributed by atoms with Gasteiger partial charge < -0.3 is 14.7 Å². The highest BCUT2D eigenvalue weighted by molar-refractivity contribution is 6.30. The molecule has 0 spiro atoms. The first-order valence-corrected chi connectivity index (χ1v) is 9.53. The van der Waals surface area contributed by atoms with Gasteiger partial charge >= 0.3 is 0 Å². The Bertz CT molecular complexity index is 800. The lowest BCUT2D eigenvalue weighted by Gasteiger charge is -2.26. The van der Waals surface area contributed by atoms with Crippen molar-refractivity contribution in [2.45, 2.75) is 25.2 Å². The van der Waals surface area contributed by atoms with E-state index in [9.17, 15) is 9.50 Å². The Morgan fingerprint density at radius 1 is 1.32 bits per heavy atom. The first-order chi connectivity index (χ1) is 13.5. The third kappa shape index (κ3) is 6.01. The molecular formula is C21H24ClFN2O3. The van der Waals surface area contributed by atoms with Crippen LogP contribution in [0.1, 0.15) is 17.5 Å². The molecule has 1 aliphatic heterocycles. The zero-order valence-corrected chi connectivity index (χ0v) is 16.5. The van der Waals surface area contributed by atoms with Crippen molar-refractivity contribution in [2.24, 2.45) is 5.16 Å². The van der Waals surface area contributed by atoms with Crippen LogP contribution in [0.2, 0.25) is 5.02 Å². The molecule has 5 nitrogen and oxygen atoms in total. The Kier molecular flexibility index (Phi) is 7.39. The molecule has 7 heteroatoms. The number of aliphatic hydroxyl groups excluding tert-OH is 1. The van der Waals surface area contributed by atoms with Gasteiger partial charge in [0.25, 0.3) is 0 Å². The number of ether oxygens (including phenoxy) is 1. The molecule has 2 atom stereocenters. The highest BCUT2D eigenvalue weighted by Crippen LogP contribution is 2.20. The summed E-state index contributed by atoms with van der Waals surface area (Å²) in [5.41, 5.74) is 2.68. The van der Waals surface area contributed by atoms with Gasteiger partial charge in [-0.1, -0.05) is 41.0 Å². The van der Waals surface area contributed by atoms with Gasteiger partial charge in [0.15, 0.2) is 0 Å². The van der Waals surface area contributed by atoms with Gasteiger partial charge in [-0.3, -0.25) is 4.90 Å². The minimum atomic E-state index is -0.642. The normalized spacial score (nSPS) is 17.5. The molecule has 0 saturated heterocycles. The molecule has 3 rings (SSSR count). The molecule has 1 heterocycles. The minimum absolute atomic E-state index is 0.144. The van der Waals surface area contributed by atoms with Crippen LogP contribution in [0.25, 0.3) is 0 Å². The fourth-order valence-electron chi connectivity index (χ4n) is 3.27. The Morgan fingerprint density at radius 3 is 2.82 bits per heavy atom. The lowest BCUT2D eigenvalue weighted by Crippen LogP contribution is -2.39. The maximum Gasteiger partial charge on any atom is 0.145 e. The summed E-state index contributed by atoms with van der Waals surface area (Å²) in [6, 6.07) is 13.9. The summed E-state index contributed by atoms with van der Waals surface area (Å²) in [5.74, 6) is -0.277. The van der Waals surface area contributed by atoms with Gasteiger partial charge in [-0.25, -0.2) is 4.39 Å². The van der Waals surface area contributed by atoms with E-state index in [0.29, 0.717) is 31.1 Å².